The van der Waals surface area contributed by atoms with Crippen molar-refractivity contribution in [1.82, 2.24) is 29.7 Å². The Morgan fingerprint density at radius 1 is 1.03 bits per heavy atom. The van der Waals surface area contributed by atoms with Crippen LogP contribution >= 0.6 is 0 Å². The molecule has 0 saturated carbocycles. The zero-order chi connectivity index (χ0) is 24.5. The number of anilines is 1. The van der Waals surface area contributed by atoms with Crippen molar-refractivity contribution in [2.45, 2.75) is 25.8 Å². The van der Waals surface area contributed by atoms with E-state index in [0.717, 1.165) is 42.9 Å². The van der Waals surface area contributed by atoms with Crippen LogP contribution in [0.2, 0.25) is 0 Å². The summed E-state index contributed by atoms with van der Waals surface area (Å²) < 4.78 is 14.5. The summed E-state index contributed by atoms with van der Waals surface area (Å²) in [5.74, 6) is 1.33. The number of hydrogen-bond donors (Lipinski definition) is 1. The molecule has 2 aliphatic heterocycles. The summed E-state index contributed by atoms with van der Waals surface area (Å²) in [6.45, 7) is 6.14. The molecule has 10 nitrogen and oxygen atoms in total. The number of carbonyl (C=O) groups excluding carboxylic acids is 1. The van der Waals surface area contributed by atoms with Crippen LogP contribution in [0.15, 0.2) is 48.8 Å². The van der Waals surface area contributed by atoms with E-state index < -0.39 is 0 Å². The van der Waals surface area contributed by atoms with Crippen molar-refractivity contribution in [2.75, 3.05) is 44.4 Å². The molecule has 0 radical (unpaired) electrons. The normalized spacial score (nSPS) is 17.0. The Bertz CT molecular complexity index is 1380. The number of benzene rings is 1. The maximum atomic E-state index is 13.0. The second kappa shape index (κ2) is 9.71. The molecule has 1 N–H and O–H groups in total. The van der Waals surface area contributed by atoms with Crippen molar-refractivity contribution < 1.29 is 14.3 Å². The molecule has 1 aromatic carbocycles. The van der Waals surface area contributed by atoms with E-state index in [1.165, 1.54) is 5.56 Å². The van der Waals surface area contributed by atoms with E-state index in [2.05, 4.69) is 45.5 Å². The van der Waals surface area contributed by atoms with Gasteiger partial charge in [-0.3, -0.25) is 4.79 Å². The first-order valence-electron chi connectivity index (χ1n) is 12.4. The van der Waals surface area contributed by atoms with Crippen molar-refractivity contribution in [3.05, 3.63) is 60.0 Å². The van der Waals surface area contributed by atoms with Crippen LogP contribution in [0.3, 0.4) is 0 Å². The Morgan fingerprint density at radius 3 is 2.64 bits per heavy atom. The predicted octanol–water partition coefficient (Wildman–Crippen LogP) is 2.64. The van der Waals surface area contributed by atoms with Gasteiger partial charge in [0.2, 0.25) is 0 Å². The highest BCUT2D eigenvalue weighted by atomic mass is 16.5. The van der Waals surface area contributed by atoms with Crippen LogP contribution in [0.4, 0.5) is 5.82 Å². The summed E-state index contributed by atoms with van der Waals surface area (Å²) in [7, 11) is 0. The number of hydrogen-bond acceptors (Lipinski definition) is 7. The van der Waals surface area contributed by atoms with Crippen molar-refractivity contribution >= 4 is 17.4 Å². The molecular weight excluding hydrogens is 458 g/mol. The van der Waals surface area contributed by atoms with Crippen LogP contribution in [0.1, 0.15) is 28.9 Å². The summed E-state index contributed by atoms with van der Waals surface area (Å²) in [6.07, 6.45) is 5.44. The van der Waals surface area contributed by atoms with Crippen LogP contribution in [0.5, 0.6) is 0 Å². The lowest BCUT2D eigenvalue weighted by Crippen LogP contribution is -2.39. The monoisotopic (exact) mass is 487 g/mol. The molecule has 1 amide bonds. The SMILES string of the molecule is Cc1cccc(-c2cnn(-c3cc(N4CCOCC4)n4nc(C(=O)NC5CCOCC5)cc4n3)c2)c1. The van der Waals surface area contributed by atoms with Gasteiger partial charge in [-0.1, -0.05) is 29.8 Å². The molecule has 0 atom stereocenters. The fraction of sp³-hybridized carbons (Fsp3) is 0.385. The van der Waals surface area contributed by atoms with Crippen LogP contribution in [0, 0.1) is 6.92 Å². The van der Waals surface area contributed by atoms with Gasteiger partial charge >= 0.3 is 0 Å². The number of aryl methyl sites for hydroxylation is 1. The third kappa shape index (κ3) is 4.57. The molecule has 2 saturated heterocycles. The average molecular weight is 488 g/mol. The molecule has 0 spiro atoms. The van der Waals surface area contributed by atoms with Gasteiger partial charge in [0, 0.05) is 56.2 Å². The van der Waals surface area contributed by atoms with Gasteiger partial charge in [-0.2, -0.15) is 14.7 Å². The first-order valence-corrected chi connectivity index (χ1v) is 12.4. The summed E-state index contributed by atoms with van der Waals surface area (Å²) in [5, 5.41) is 12.3. The zero-order valence-corrected chi connectivity index (χ0v) is 20.3. The number of fused-ring (bicyclic) bond motifs is 1. The number of carbonyl (C=O) groups is 1. The fourth-order valence-electron chi connectivity index (χ4n) is 4.71. The summed E-state index contributed by atoms with van der Waals surface area (Å²) in [5.41, 5.74) is 4.26. The lowest BCUT2D eigenvalue weighted by Gasteiger charge is -2.29. The molecule has 2 fully saturated rings. The first kappa shape index (κ1) is 22.7. The van der Waals surface area contributed by atoms with E-state index in [0.29, 0.717) is 43.6 Å². The van der Waals surface area contributed by atoms with Gasteiger partial charge in [-0.15, -0.1) is 0 Å². The van der Waals surface area contributed by atoms with Crippen molar-refractivity contribution in [2.24, 2.45) is 0 Å². The summed E-state index contributed by atoms with van der Waals surface area (Å²) in [6, 6.07) is 12.1. The van der Waals surface area contributed by atoms with E-state index in [9.17, 15) is 4.79 Å². The second-order valence-corrected chi connectivity index (χ2v) is 9.27. The third-order valence-corrected chi connectivity index (χ3v) is 6.69. The fourth-order valence-corrected chi connectivity index (χ4v) is 4.71. The van der Waals surface area contributed by atoms with E-state index in [1.54, 1.807) is 15.3 Å². The predicted molar refractivity (Wildman–Crippen MR) is 135 cm³/mol. The van der Waals surface area contributed by atoms with Gasteiger partial charge in [0.15, 0.2) is 17.2 Å². The minimum atomic E-state index is -0.192. The largest absolute Gasteiger partial charge is 0.381 e. The van der Waals surface area contributed by atoms with Crippen LogP contribution < -0.4 is 10.2 Å². The lowest BCUT2D eigenvalue weighted by atomic mass is 10.1. The van der Waals surface area contributed by atoms with Gasteiger partial charge in [-0.05, 0) is 25.3 Å². The Morgan fingerprint density at radius 2 is 1.83 bits per heavy atom. The Balaban J connectivity index is 1.37. The van der Waals surface area contributed by atoms with Gasteiger partial charge in [0.1, 0.15) is 5.82 Å². The zero-order valence-electron chi connectivity index (χ0n) is 20.3. The van der Waals surface area contributed by atoms with E-state index >= 15 is 0 Å². The van der Waals surface area contributed by atoms with Crippen LogP contribution in [-0.4, -0.2) is 75.8 Å². The molecule has 186 valence electrons. The maximum Gasteiger partial charge on any atom is 0.272 e. The smallest absolute Gasteiger partial charge is 0.272 e. The number of aromatic nitrogens is 5. The number of nitrogens with zero attached hydrogens (tertiary/aromatic N) is 6. The van der Waals surface area contributed by atoms with Gasteiger partial charge < -0.3 is 19.7 Å². The third-order valence-electron chi connectivity index (χ3n) is 6.69. The van der Waals surface area contributed by atoms with Crippen molar-refractivity contribution in [3.8, 4) is 16.9 Å². The highest BCUT2D eigenvalue weighted by molar-refractivity contribution is 5.93. The van der Waals surface area contributed by atoms with Crippen LogP contribution in [0.25, 0.3) is 22.6 Å². The van der Waals surface area contributed by atoms with Crippen molar-refractivity contribution in [1.29, 1.82) is 0 Å². The van der Waals surface area contributed by atoms with Gasteiger partial charge in [0.25, 0.3) is 5.91 Å². The van der Waals surface area contributed by atoms with Crippen molar-refractivity contribution in [3.63, 3.8) is 0 Å². The summed E-state index contributed by atoms with van der Waals surface area (Å²) >= 11 is 0. The molecule has 36 heavy (non-hydrogen) atoms. The average Bonchev–Trinajstić information content (AvgIpc) is 3.57. The Hall–Kier alpha value is -3.76. The second-order valence-electron chi connectivity index (χ2n) is 9.27. The summed E-state index contributed by atoms with van der Waals surface area (Å²) in [4.78, 5) is 20.0. The molecule has 10 heteroatoms. The minimum absolute atomic E-state index is 0.0995. The molecular formula is C26H29N7O3. The molecule has 5 heterocycles. The topological polar surface area (TPSA) is 98.8 Å². The molecule has 2 aliphatic rings. The molecule has 6 rings (SSSR count). The maximum absolute atomic E-state index is 13.0. The standard InChI is InChI=1S/C26H29N7O3/c1-18-3-2-4-19(13-18)20-16-27-32(17-20)23-15-25(31-7-11-36-12-8-31)33-24(29-23)14-22(30-33)26(34)28-21-5-9-35-10-6-21/h2-4,13-17,21H,5-12H2,1H3,(H,28,34). The highest BCUT2D eigenvalue weighted by Crippen LogP contribution is 2.24. The lowest BCUT2D eigenvalue weighted by molar-refractivity contribution is 0.0694. The number of amides is 1. The highest BCUT2D eigenvalue weighted by Gasteiger charge is 2.23. The van der Waals surface area contributed by atoms with Gasteiger partial charge in [-0.25, -0.2) is 9.67 Å². The number of nitrogens with one attached hydrogen (secondary N) is 1. The van der Waals surface area contributed by atoms with E-state index in [1.807, 2.05) is 24.5 Å². The minimum Gasteiger partial charge on any atom is -0.381 e. The molecule has 0 aliphatic carbocycles. The van der Waals surface area contributed by atoms with Crippen LogP contribution in [-0.2, 0) is 9.47 Å². The number of ether oxygens (including phenoxy) is 2. The van der Waals surface area contributed by atoms with E-state index in [-0.39, 0.29) is 11.9 Å². The Kier molecular flexibility index (Phi) is 6.12. The molecule has 0 unspecified atom stereocenters. The number of rotatable bonds is 5. The van der Waals surface area contributed by atoms with E-state index in [4.69, 9.17) is 14.5 Å². The quantitative estimate of drug-likeness (QED) is 0.462. The molecule has 0 bridgehead atoms. The van der Waals surface area contributed by atoms with Gasteiger partial charge in [0.05, 0.1) is 19.4 Å². The molecule has 4 aromatic rings. The first-order chi connectivity index (χ1) is 17.6. The Labute approximate surface area is 208 Å². The molecule has 3 aromatic heterocycles. The number of morpholine rings is 1.